The molecule has 3 rings (SSSR count). The van der Waals surface area contributed by atoms with Crippen molar-refractivity contribution in [3.05, 3.63) is 71.8 Å². The Kier molecular flexibility index (Phi) is 6.02. The standard InChI is InChI=1S/C16H13NO2.ClHO4/c18-16-14(11-12-7-3-1-4-8-12)17-15(19-16)13-9-5-2-6-10-13;2-1(3,4)5/h1-10,14H,11H2;(H,2,3,4,5). The predicted molar refractivity (Wildman–Crippen MR) is 71.5 cm³/mol. The van der Waals surface area contributed by atoms with Crippen molar-refractivity contribution in [3.63, 3.8) is 0 Å². The maximum Gasteiger partial charge on any atom is 0.385 e. The number of cyclic esters (lactones) is 1. The molecule has 1 atom stereocenters. The lowest BCUT2D eigenvalue weighted by molar-refractivity contribution is -2.00. The summed E-state index contributed by atoms with van der Waals surface area (Å²) < 4.78 is 39.3. The highest BCUT2D eigenvalue weighted by molar-refractivity contribution is 6.00. The number of benzene rings is 2. The average Bonchev–Trinajstić information content (AvgIpc) is 2.89. The highest BCUT2D eigenvalue weighted by Crippen LogP contribution is 2.07. The van der Waals surface area contributed by atoms with Crippen molar-refractivity contribution in [1.29, 1.82) is 0 Å². The quantitative estimate of drug-likeness (QED) is 0.559. The van der Waals surface area contributed by atoms with Gasteiger partial charge < -0.3 is 4.74 Å². The summed E-state index contributed by atoms with van der Waals surface area (Å²) >= 11 is 0. The molecule has 0 aliphatic carbocycles. The smallest absolute Gasteiger partial charge is 0.366 e. The van der Waals surface area contributed by atoms with Crippen LogP contribution < -0.4 is 23.6 Å². The summed E-state index contributed by atoms with van der Waals surface area (Å²) in [5, 5.41) is 0. The molecule has 2 aromatic carbocycles. The third-order valence-corrected chi connectivity index (χ3v) is 3.11. The van der Waals surface area contributed by atoms with Gasteiger partial charge in [0.25, 0.3) is 6.04 Å². The van der Waals surface area contributed by atoms with E-state index >= 15 is 0 Å². The Morgan fingerprint density at radius 3 is 1.96 bits per heavy atom. The SMILES string of the molecule is O=C1OC(c2ccccc2)=[NH+]C1Cc1ccccc1.[O-][Cl+3]([O-])([O-])[O-]. The lowest BCUT2D eigenvalue weighted by Gasteiger charge is -2.17. The number of ether oxygens (including phenoxy) is 1. The van der Waals surface area contributed by atoms with E-state index in [4.69, 9.17) is 23.4 Å². The van der Waals surface area contributed by atoms with Crippen LogP contribution in [0.15, 0.2) is 60.7 Å². The number of nitrogens with one attached hydrogen (secondary N) is 1. The van der Waals surface area contributed by atoms with Gasteiger partial charge in [0.05, 0.1) is 5.56 Å². The Morgan fingerprint density at radius 1 is 0.917 bits per heavy atom. The van der Waals surface area contributed by atoms with Gasteiger partial charge in [-0.15, -0.1) is 10.2 Å². The molecule has 0 saturated heterocycles. The highest BCUT2D eigenvalue weighted by Gasteiger charge is 2.36. The van der Waals surface area contributed by atoms with Crippen molar-refractivity contribution in [2.45, 2.75) is 12.5 Å². The third kappa shape index (κ3) is 6.07. The molecular formula is C16H14ClNO6. The summed E-state index contributed by atoms with van der Waals surface area (Å²) in [6.45, 7) is 0. The molecule has 1 unspecified atom stereocenters. The molecule has 0 amide bonds. The largest absolute Gasteiger partial charge is 0.385 e. The molecule has 0 radical (unpaired) electrons. The maximum absolute atomic E-state index is 11.9. The first kappa shape index (κ1) is 18.1. The molecule has 8 heteroatoms. The molecule has 1 heterocycles. The summed E-state index contributed by atoms with van der Waals surface area (Å²) in [4.78, 5) is 15.0. The van der Waals surface area contributed by atoms with Crippen LogP contribution >= 0.6 is 0 Å². The Bertz CT molecular complexity index is 694. The average molecular weight is 352 g/mol. The molecule has 24 heavy (non-hydrogen) atoms. The van der Waals surface area contributed by atoms with Crippen LogP contribution in [0.3, 0.4) is 0 Å². The van der Waals surface area contributed by atoms with Gasteiger partial charge in [0.2, 0.25) is 0 Å². The number of carbonyl (C=O) groups is 1. The molecule has 0 saturated carbocycles. The van der Waals surface area contributed by atoms with Gasteiger partial charge >= 0.3 is 11.9 Å². The van der Waals surface area contributed by atoms with E-state index < -0.39 is 10.2 Å². The van der Waals surface area contributed by atoms with E-state index in [1.54, 1.807) is 0 Å². The number of hydrogen-bond acceptors (Lipinski definition) is 6. The van der Waals surface area contributed by atoms with E-state index in [1.807, 2.05) is 60.7 Å². The first-order chi connectivity index (χ1) is 11.3. The minimum absolute atomic E-state index is 0.220. The van der Waals surface area contributed by atoms with E-state index in [1.165, 1.54) is 0 Å². The van der Waals surface area contributed by atoms with Crippen molar-refractivity contribution >= 4 is 11.9 Å². The van der Waals surface area contributed by atoms with Crippen LogP contribution in [-0.4, -0.2) is 17.9 Å². The van der Waals surface area contributed by atoms with Gasteiger partial charge in [-0.25, -0.2) is 23.4 Å². The first-order valence-corrected chi connectivity index (χ1v) is 8.12. The molecule has 1 N–H and O–H groups in total. The maximum atomic E-state index is 11.9. The number of halogens is 1. The minimum atomic E-state index is -4.94. The summed E-state index contributed by atoms with van der Waals surface area (Å²) in [7, 11) is -4.94. The third-order valence-electron chi connectivity index (χ3n) is 3.11. The van der Waals surface area contributed by atoms with Crippen LogP contribution in [0.25, 0.3) is 0 Å². The van der Waals surface area contributed by atoms with Crippen LogP contribution in [0.5, 0.6) is 0 Å². The zero-order valence-corrected chi connectivity index (χ0v) is 13.1. The second kappa shape index (κ2) is 8.00. The van der Waals surface area contributed by atoms with E-state index in [-0.39, 0.29) is 12.0 Å². The zero-order valence-electron chi connectivity index (χ0n) is 12.4. The van der Waals surface area contributed by atoms with E-state index in [9.17, 15) is 4.79 Å². The van der Waals surface area contributed by atoms with E-state index in [2.05, 4.69) is 4.99 Å². The van der Waals surface area contributed by atoms with Gasteiger partial charge in [0, 0.05) is 6.42 Å². The fraction of sp³-hybridized carbons (Fsp3) is 0.125. The van der Waals surface area contributed by atoms with Gasteiger partial charge in [-0.1, -0.05) is 48.5 Å². The van der Waals surface area contributed by atoms with Crippen LogP contribution in [0, 0.1) is 10.2 Å². The van der Waals surface area contributed by atoms with Gasteiger partial charge in [0.15, 0.2) is 0 Å². The van der Waals surface area contributed by atoms with Crippen molar-refractivity contribution in [2.24, 2.45) is 0 Å². The second-order valence-corrected chi connectivity index (χ2v) is 5.64. The van der Waals surface area contributed by atoms with Gasteiger partial charge in [0.1, 0.15) is 0 Å². The Hall–Kier alpha value is -2.29. The van der Waals surface area contributed by atoms with Crippen LogP contribution in [0.2, 0.25) is 0 Å². The van der Waals surface area contributed by atoms with Gasteiger partial charge in [-0.3, -0.25) is 0 Å². The van der Waals surface area contributed by atoms with Crippen LogP contribution in [0.4, 0.5) is 0 Å². The molecule has 0 bridgehead atoms. The molecule has 126 valence electrons. The Balaban J connectivity index is 0.000000368. The predicted octanol–water partition coefficient (Wildman–Crippen LogP) is -4.07. The number of carbonyl (C=O) groups excluding carboxylic acids is 1. The number of hydrogen-bond donors (Lipinski definition) is 1. The lowest BCUT2D eigenvalue weighted by Crippen LogP contribution is -2.78. The number of esters is 1. The van der Waals surface area contributed by atoms with Crippen LogP contribution in [0.1, 0.15) is 11.1 Å². The first-order valence-electron chi connectivity index (χ1n) is 6.89. The molecule has 7 nitrogen and oxygen atoms in total. The zero-order chi connectivity index (χ0) is 17.6. The molecule has 1 aliphatic heterocycles. The fourth-order valence-electron chi connectivity index (χ4n) is 2.13. The molecule has 2 aromatic rings. The summed E-state index contributed by atoms with van der Waals surface area (Å²) in [5.74, 6) is 0.328. The lowest BCUT2D eigenvalue weighted by atomic mass is 10.1. The summed E-state index contributed by atoms with van der Waals surface area (Å²) in [6.07, 6.45) is 0.635. The highest BCUT2D eigenvalue weighted by atomic mass is 35.7. The van der Waals surface area contributed by atoms with Crippen molar-refractivity contribution in [2.75, 3.05) is 0 Å². The van der Waals surface area contributed by atoms with Crippen molar-refractivity contribution < 1.29 is 43.4 Å². The Morgan fingerprint density at radius 2 is 1.42 bits per heavy atom. The monoisotopic (exact) mass is 351 g/mol. The fourth-order valence-corrected chi connectivity index (χ4v) is 2.13. The summed E-state index contributed by atoms with van der Waals surface area (Å²) in [6, 6.07) is 19.2. The molecule has 0 aromatic heterocycles. The summed E-state index contributed by atoms with van der Waals surface area (Å²) in [5.41, 5.74) is 2.01. The second-order valence-electron chi connectivity index (χ2n) is 4.88. The van der Waals surface area contributed by atoms with E-state index in [0.717, 1.165) is 11.1 Å². The minimum Gasteiger partial charge on any atom is -0.366 e. The molecule has 1 aliphatic rings. The molecule has 0 spiro atoms. The topological polar surface area (TPSA) is 133 Å². The molecular weight excluding hydrogens is 338 g/mol. The van der Waals surface area contributed by atoms with Crippen molar-refractivity contribution in [1.82, 2.24) is 0 Å². The Labute approximate surface area is 140 Å². The molecule has 0 fully saturated rings. The van der Waals surface area contributed by atoms with E-state index in [0.29, 0.717) is 12.3 Å². The van der Waals surface area contributed by atoms with Crippen LogP contribution in [-0.2, 0) is 16.0 Å². The number of rotatable bonds is 3. The van der Waals surface area contributed by atoms with Crippen molar-refractivity contribution in [3.8, 4) is 0 Å². The normalized spacial score (nSPS) is 16.8. The van der Waals surface area contributed by atoms with Gasteiger partial charge in [-0.2, -0.15) is 4.99 Å². The van der Waals surface area contributed by atoms with Gasteiger partial charge in [-0.05, 0) is 17.7 Å².